The molecule has 1 saturated heterocycles. The molecule has 1 aliphatic carbocycles. The SMILES string of the molecule is CSC1(C#N)CCN(CC2CC2)CC1. The van der Waals surface area contributed by atoms with Crippen molar-refractivity contribution in [2.75, 3.05) is 25.9 Å². The fraction of sp³-hybridized carbons (Fsp3) is 0.909. The Bertz CT molecular complexity index is 234. The van der Waals surface area contributed by atoms with Crippen molar-refractivity contribution in [3.63, 3.8) is 0 Å². The lowest BCUT2D eigenvalue weighted by atomic mass is 9.97. The Balaban J connectivity index is 1.81. The number of hydrogen-bond donors (Lipinski definition) is 0. The summed E-state index contributed by atoms with van der Waals surface area (Å²) in [5.41, 5.74) is 0. The van der Waals surface area contributed by atoms with E-state index in [0.29, 0.717) is 0 Å². The van der Waals surface area contributed by atoms with E-state index in [0.717, 1.165) is 31.8 Å². The number of hydrogen-bond acceptors (Lipinski definition) is 3. The lowest BCUT2D eigenvalue weighted by Gasteiger charge is -2.36. The van der Waals surface area contributed by atoms with Gasteiger partial charge in [-0.2, -0.15) is 5.26 Å². The van der Waals surface area contributed by atoms with E-state index in [9.17, 15) is 0 Å². The quantitative estimate of drug-likeness (QED) is 0.714. The summed E-state index contributed by atoms with van der Waals surface area (Å²) >= 11 is 1.74. The normalized spacial score (nSPS) is 27.1. The highest BCUT2D eigenvalue weighted by atomic mass is 32.2. The Hall–Kier alpha value is -0.200. The first-order valence-corrected chi connectivity index (χ1v) is 6.69. The van der Waals surface area contributed by atoms with Crippen LogP contribution in [-0.4, -0.2) is 35.5 Å². The monoisotopic (exact) mass is 210 g/mol. The summed E-state index contributed by atoms with van der Waals surface area (Å²) in [5, 5.41) is 9.13. The highest BCUT2D eigenvalue weighted by Gasteiger charge is 2.35. The van der Waals surface area contributed by atoms with Crippen LogP contribution < -0.4 is 0 Å². The van der Waals surface area contributed by atoms with Gasteiger partial charge in [-0.1, -0.05) is 0 Å². The first kappa shape index (κ1) is 10.3. The van der Waals surface area contributed by atoms with Crippen molar-refractivity contribution in [1.82, 2.24) is 4.90 Å². The van der Waals surface area contributed by atoms with E-state index < -0.39 is 0 Å². The zero-order valence-electron chi connectivity index (χ0n) is 8.83. The van der Waals surface area contributed by atoms with Crippen molar-refractivity contribution in [3.8, 4) is 6.07 Å². The van der Waals surface area contributed by atoms with Gasteiger partial charge in [0.15, 0.2) is 0 Å². The molecule has 0 amide bonds. The van der Waals surface area contributed by atoms with Crippen molar-refractivity contribution in [2.24, 2.45) is 5.92 Å². The first-order chi connectivity index (χ1) is 6.78. The summed E-state index contributed by atoms with van der Waals surface area (Å²) in [7, 11) is 0. The van der Waals surface area contributed by atoms with Crippen molar-refractivity contribution in [2.45, 2.75) is 30.4 Å². The van der Waals surface area contributed by atoms with E-state index in [1.807, 2.05) is 0 Å². The average molecular weight is 210 g/mol. The number of thioether (sulfide) groups is 1. The molecule has 0 spiro atoms. The lowest BCUT2D eigenvalue weighted by Crippen LogP contribution is -2.42. The Labute approximate surface area is 90.7 Å². The van der Waals surface area contributed by atoms with E-state index in [1.165, 1.54) is 19.4 Å². The second-order valence-corrected chi connectivity index (χ2v) is 5.74. The Morgan fingerprint density at radius 3 is 2.50 bits per heavy atom. The van der Waals surface area contributed by atoms with Crippen molar-refractivity contribution in [3.05, 3.63) is 0 Å². The van der Waals surface area contributed by atoms with Crippen LogP contribution in [0, 0.1) is 17.2 Å². The van der Waals surface area contributed by atoms with Gasteiger partial charge in [-0.3, -0.25) is 0 Å². The zero-order chi connectivity index (χ0) is 10.0. The minimum Gasteiger partial charge on any atom is -0.303 e. The molecule has 1 heterocycles. The summed E-state index contributed by atoms with van der Waals surface area (Å²) in [6.45, 7) is 3.55. The molecule has 0 aromatic heterocycles. The largest absolute Gasteiger partial charge is 0.303 e. The van der Waals surface area contributed by atoms with Gasteiger partial charge >= 0.3 is 0 Å². The number of nitriles is 1. The number of rotatable bonds is 3. The molecule has 2 nitrogen and oxygen atoms in total. The van der Waals surface area contributed by atoms with Gasteiger partial charge in [-0.15, -0.1) is 11.8 Å². The van der Waals surface area contributed by atoms with E-state index >= 15 is 0 Å². The predicted octanol–water partition coefficient (Wildman–Crippen LogP) is 2.12. The maximum Gasteiger partial charge on any atom is 0.104 e. The van der Waals surface area contributed by atoms with E-state index in [2.05, 4.69) is 17.2 Å². The molecule has 2 rings (SSSR count). The van der Waals surface area contributed by atoms with Crippen molar-refractivity contribution >= 4 is 11.8 Å². The second-order valence-electron chi connectivity index (χ2n) is 4.55. The maximum absolute atomic E-state index is 9.13. The Morgan fingerprint density at radius 1 is 1.43 bits per heavy atom. The van der Waals surface area contributed by atoms with Crippen LogP contribution in [0.3, 0.4) is 0 Å². The second kappa shape index (κ2) is 4.12. The number of likely N-dealkylation sites (tertiary alicyclic amines) is 1. The number of piperidine rings is 1. The molecule has 0 aromatic carbocycles. The minimum absolute atomic E-state index is 0.0694. The molecular weight excluding hydrogens is 192 g/mol. The highest BCUT2D eigenvalue weighted by Crippen LogP contribution is 2.36. The van der Waals surface area contributed by atoms with Crippen LogP contribution in [0.4, 0.5) is 0 Å². The van der Waals surface area contributed by atoms with E-state index in [4.69, 9.17) is 5.26 Å². The van der Waals surface area contributed by atoms with Gasteiger partial charge in [-0.25, -0.2) is 0 Å². The zero-order valence-corrected chi connectivity index (χ0v) is 9.65. The summed E-state index contributed by atoms with van der Waals surface area (Å²) in [5.74, 6) is 0.985. The third-order valence-electron chi connectivity index (χ3n) is 3.47. The number of nitrogens with zero attached hydrogens (tertiary/aromatic N) is 2. The molecule has 1 saturated carbocycles. The van der Waals surface area contributed by atoms with Crippen LogP contribution in [0.15, 0.2) is 0 Å². The molecule has 1 aliphatic heterocycles. The molecule has 2 fully saturated rings. The molecule has 0 aromatic rings. The third-order valence-corrected chi connectivity index (χ3v) is 4.75. The van der Waals surface area contributed by atoms with Gasteiger partial charge < -0.3 is 4.90 Å². The highest BCUT2D eigenvalue weighted by molar-refractivity contribution is 8.00. The molecule has 14 heavy (non-hydrogen) atoms. The summed E-state index contributed by atoms with van der Waals surface area (Å²) in [6.07, 6.45) is 7.04. The fourth-order valence-corrected chi connectivity index (χ4v) is 2.81. The first-order valence-electron chi connectivity index (χ1n) is 5.47. The predicted molar refractivity (Wildman–Crippen MR) is 60.3 cm³/mol. The lowest BCUT2D eigenvalue weighted by molar-refractivity contribution is 0.209. The van der Waals surface area contributed by atoms with Crippen LogP contribution in [0.5, 0.6) is 0 Å². The molecule has 0 atom stereocenters. The maximum atomic E-state index is 9.13. The average Bonchev–Trinajstić information content (AvgIpc) is 3.04. The van der Waals surface area contributed by atoms with Crippen LogP contribution >= 0.6 is 11.8 Å². The van der Waals surface area contributed by atoms with Crippen LogP contribution in [0.2, 0.25) is 0 Å². The molecule has 3 heteroatoms. The molecular formula is C11H18N2S. The van der Waals surface area contributed by atoms with Crippen LogP contribution in [-0.2, 0) is 0 Å². The molecule has 0 radical (unpaired) electrons. The topological polar surface area (TPSA) is 27.0 Å². The van der Waals surface area contributed by atoms with Crippen LogP contribution in [0.1, 0.15) is 25.7 Å². The molecule has 2 aliphatic rings. The summed E-state index contributed by atoms with van der Waals surface area (Å²) in [4.78, 5) is 2.55. The molecule has 78 valence electrons. The molecule has 0 N–H and O–H groups in total. The van der Waals surface area contributed by atoms with E-state index in [-0.39, 0.29) is 4.75 Å². The van der Waals surface area contributed by atoms with Gasteiger partial charge in [0, 0.05) is 19.6 Å². The van der Waals surface area contributed by atoms with E-state index in [1.54, 1.807) is 11.8 Å². The van der Waals surface area contributed by atoms with Crippen molar-refractivity contribution < 1.29 is 0 Å². The summed E-state index contributed by atoms with van der Waals surface area (Å²) < 4.78 is -0.0694. The third kappa shape index (κ3) is 2.24. The smallest absolute Gasteiger partial charge is 0.104 e. The van der Waals surface area contributed by atoms with Gasteiger partial charge in [0.2, 0.25) is 0 Å². The minimum atomic E-state index is -0.0694. The fourth-order valence-electron chi connectivity index (χ4n) is 2.12. The van der Waals surface area contributed by atoms with Crippen LogP contribution in [0.25, 0.3) is 0 Å². The Morgan fingerprint density at radius 2 is 2.07 bits per heavy atom. The summed E-state index contributed by atoms with van der Waals surface area (Å²) in [6, 6.07) is 2.49. The van der Waals surface area contributed by atoms with Gasteiger partial charge in [-0.05, 0) is 37.9 Å². The van der Waals surface area contributed by atoms with Gasteiger partial charge in [0.25, 0.3) is 0 Å². The van der Waals surface area contributed by atoms with Crippen molar-refractivity contribution in [1.29, 1.82) is 5.26 Å². The molecule has 0 bridgehead atoms. The molecule has 0 unspecified atom stereocenters. The Kier molecular flexibility index (Phi) is 3.04. The van der Waals surface area contributed by atoms with Gasteiger partial charge in [0.05, 0.1) is 6.07 Å². The van der Waals surface area contributed by atoms with Gasteiger partial charge in [0.1, 0.15) is 4.75 Å². The standard InChI is InChI=1S/C11H18N2S/c1-14-11(9-12)4-6-13(7-5-11)8-10-2-3-10/h10H,2-8H2,1H3.